The highest BCUT2D eigenvalue weighted by Crippen LogP contribution is 2.50. The molecule has 0 saturated carbocycles. The third-order valence-corrected chi connectivity index (χ3v) is 12.1. The smallest absolute Gasteiger partial charge is 0.220 e. The largest absolute Gasteiger partial charge is 0.361 e. The summed E-state index contributed by atoms with van der Waals surface area (Å²) in [4.78, 5) is 35.8. The summed E-state index contributed by atoms with van der Waals surface area (Å²) in [6.45, 7) is 0. The highest BCUT2D eigenvalue weighted by Gasteiger charge is 2.48. The molecule has 2 atom stereocenters. The zero-order valence-corrected chi connectivity index (χ0v) is 33.3. The Hall–Kier alpha value is -6.96. The monoisotopic (exact) mass is 822 g/mol. The van der Waals surface area contributed by atoms with E-state index in [0.29, 0.717) is 54.0 Å². The maximum absolute atomic E-state index is 12.8. The van der Waals surface area contributed by atoms with Crippen LogP contribution < -0.4 is 0 Å². The summed E-state index contributed by atoms with van der Waals surface area (Å²) in [5, 5.41) is 34.0. The number of benzene rings is 6. The second kappa shape index (κ2) is 16.4. The van der Waals surface area contributed by atoms with Crippen LogP contribution in [0, 0.1) is 0 Å². The van der Waals surface area contributed by atoms with E-state index < -0.39 is 11.4 Å². The molecule has 10 rings (SSSR count). The Labute approximate surface area is 353 Å². The van der Waals surface area contributed by atoms with E-state index in [1.165, 1.54) is 45.0 Å². The van der Waals surface area contributed by atoms with Gasteiger partial charge in [-0.3, -0.25) is 9.59 Å². The minimum Gasteiger partial charge on any atom is -0.361 e. The van der Waals surface area contributed by atoms with E-state index in [9.17, 15) is 19.8 Å². The first-order valence-electron chi connectivity index (χ1n) is 18.9. The molecule has 0 fully saturated rings. The number of fused-ring (bicyclic) bond motifs is 2. The van der Waals surface area contributed by atoms with Gasteiger partial charge >= 0.3 is 0 Å². The summed E-state index contributed by atoms with van der Waals surface area (Å²) >= 11 is 2.51. The topological polar surface area (TPSA) is 136 Å². The lowest BCUT2D eigenvalue weighted by Gasteiger charge is -2.25. The molecule has 8 aromatic rings. The lowest BCUT2D eigenvalue weighted by atomic mass is 10.0. The van der Waals surface area contributed by atoms with E-state index >= 15 is 0 Å². The van der Waals surface area contributed by atoms with Crippen molar-refractivity contribution < 1.29 is 19.8 Å². The van der Waals surface area contributed by atoms with Crippen LogP contribution in [-0.4, -0.2) is 51.3 Å². The third-order valence-electron chi connectivity index (χ3n) is 9.92. The number of aromatic nitrogens is 6. The number of hydrogen-bond acceptors (Lipinski definition) is 10. The first kappa shape index (κ1) is 38.6. The summed E-state index contributed by atoms with van der Waals surface area (Å²) < 4.78 is 3.00. The Kier molecular flexibility index (Phi) is 10.5. The highest BCUT2D eigenvalue weighted by molar-refractivity contribution is 8.03. The molecule has 6 aromatic carbocycles. The standard InChI is InChI=1S/2C24H17N3O2S/c2*28-20(17-10-4-1-5-11-17)16-21-24(29,19-14-8-3-9-15-19)27-23(30-21)25-22(26-27)18-12-6-2-7-13-18/h2*1-16,29H/b2*21-16-/t2*24-/m11/s1. The fraction of sp³-hybridized carbons (Fsp3) is 0.0417. The second-order valence-electron chi connectivity index (χ2n) is 13.7. The minimum atomic E-state index is -1.61. The molecular formula is C48H34N6O4S2. The predicted molar refractivity (Wildman–Crippen MR) is 232 cm³/mol. The van der Waals surface area contributed by atoms with Crippen LogP contribution in [0.1, 0.15) is 31.8 Å². The van der Waals surface area contributed by atoms with Gasteiger partial charge in [0.25, 0.3) is 0 Å². The minimum absolute atomic E-state index is 0.179. The molecule has 0 amide bonds. The van der Waals surface area contributed by atoms with Crippen molar-refractivity contribution in [2.24, 2.45) is 0 Å². The molecule has 292 valence electrons. The van der Waals surface area contributed by atoms with Crippen molar-refractivity contribution in [3.63, 3.8) is 0 Å². The molecule has 0 bridgehead atoms. The zero-order chi connectivity index (χ0) is 41.1. The van der Waals surface area contributed by atoms with Gasteiger partial charge < -0.3 is 10.2 Å². The summed E-state index contributed by atoms with van der Waals surface area (Å²) in [5.74, 6) is 0.699. The Balaban J connectivity index is 0.000000154. The fourth-order valence-electron chi connectivity index (χ4n) is 6.86. The number of nitrogens with zero attached hydrogens (tertiary/aromatic N) is 6. The lowest BCUT2D eigenvalue weighted by molar-refractivity contribution is 0.0358. The highest BCUT2D eigenvalue weighted by atomic mass is 32.2. The van der Waals surface area contributed by atoms with Crippen LogP contribution in [0.4, 0.5) is 0 Å². The van der Waals surface area contributed by atoms with Crippen molar-refractivity contribution in [1.82, 2.24) is 29.5 Å². The maximum atomic E-state index is 12.8. The quantitative estimate of drug-likeness (QED) is 0.113. The van der Waals surface area contributed by atoms with Gasteiger partial charge in [-0.1, -0.05) is 182 Å². The number of allylic oxidation sites excluding steroid dienone is 2. The van der Waals surface area contributed by atoms with Crippen LogP contribution in [0.5, 0.6) is 0 Å². The summed E-state index contributed by atoms with van der Waals surface area (Å²) in [6.07, 6.45) is 2.96. The number of carbonyl (C=O) groups excluding carboxylic acids is 2. The predicted octanol–water partition coefficient (Wildman–Crippen LogP) is 9.02. The van der Waals surface area contributed by atoms with Gasteiger partial charge in [-0.15, -0.1) is 10.2 Å². The normalized spacial score (nSPS) is 19.0. The Morgan fingerprint density at radius 2 is 0.750 bits per heavy atom. The number of thioether (sulfide) groups is 2. The van der Waals surface area contributed by atoms with Crippen molar-refractivity contribution in [3.05, 3.63) is 226 Å². The summed E-state index contributed by atoms with van der Waals surface area (Å²) in [5.41, 5.74) is 0.868. The molecule has 10 nitrogen and oxygen atoms in total. The van der Waals surface area contributed by atoms with Crippen LogP contribution in [0.25, 0.3) is 22.8 Å². The van der Waals surface area contributed by atoms with Crippen LogP contribution in [0.2, 0.25) is 0 Å². The molecule has 60 heavy (non-hydrogen) atoms. The first-order chi connectivity index (χ1) is 29.3. The third kappa shape index (κ3) is 7.22. The molecular weight excluding hydrogens is 789 g/mol. The van der Waals surface area contributed by atoms with E-state index in [0.717, 1.165) is 11.1 Å². The summed E-state index contributed by atoms with van der Waals surface area (Å²) in [7, 11) is 0. The van der Waals surface area contributed by atoms with E-state index in [2.05, 4.69) is 20.2 Å². The molecule has 12 heteroatoms. The van der Waals surface area contributed by atoms with Crippen molar-refractivity contribution in [2.45, 2.75) is 21.8 Å². The number of aliphatic hydroxyl groups is 2. The Bertz CT molecular complexity index is 2670. The van der Waals surface area contributed by atoms with Crippen molar-refractivity contribution in [3.8, 4) is 22.8 Å². The molecule has 0 spiro atoms. The molecule has 2 aliphatic rings. The van der Waals surface area contributed by atoms with Gasteiger partial charge in [0.05, 0.1) is 9.81 Å². The van der Waals surface area contributed by atoms with E-state index in [4.69, 9.17) is 0 Å². The van der Waals surface area contributed by atoms with Crippen molar-refractivity contribution >= 4 is 35.1 Å². The average molecular weight is 823 g/mol. The molecule has 0 aliphatic carbocycles. The first-order valence-corrected chi connectivity index (χ1v) is 20.6. The lowest BCUT2D eigenvalue weighted by Crippen LogP contribution is -2.34. The van der Waals surface area contributed by atoms with Gasteiger partial charge in [0.15, 0.2) is 33.5 Å². The Morgan fingerprint density at radius 3 is 1.08 bits per heavy atom. The van der Waals surface area contributed by atoms with E-state index in [-0.39, 0.29) is 11.6 Å². The SMILES string of the molecule is O=C(/C=C1\Sc2nc(-c3ccccc3)nn2[C@@]1(O)c1ccccc1)c1ccccc1.O=C(/C=C1\Sc2nc(-c3ccccc3)nn2[C@@]1(O)c1ccccc1)c1ccccc1. The maximum Gasteiger partial charge on any atom is 0.220 e. The molecule has 0 unspecified atom stereocenters. The fourth-order valence-corrected chi connectivity index (χ4v) is 9.06. The zero-order valence-electron chi connectivity index (χ0n) is 31.7. The van der Waals surface area contributed by atoms with Crippen LogP contribution >= 0.6 is 23.5 Å². The van der Waals surface area contributed by atoms with Gasteiger partial charge in [0, 0.05) is 45.5 Å². The van der Waals surface area contributed by atoms with E-state index in [1.807, 2.05) is 158 Å². The molecule has 2 aliphatic heterocycles. The number of carbonyl (C=O) groups is 2. The van der Waals surface area contributed by atoms with Gasteiger partial charge in [-0.2, -0.15) is 9.36 Å². The van der Waals surface area contributed by atoms with Gasteiger partial charge in [0.1, 0.15) is 0 Å². The number of rotatable bonds is 8. The van der Waals surface area contributed by atoms with Gasteiger partial charge in [0.2, 0.25) is 11.4 Å². The molecule has 0 radical (unpaired) electrons. The molecule has 4 heterocycles. The molecule has 2 N–H and O–H groups in total. The number of ketones is 2. The molecule has 0 saturated heterocycles. The van der Waals surface area contributed by atoms with Crippen LogP contribution in [-0.2, 0) is 11.4 Å². The van der Waals surface area contributed by atoms with E-state index in [1.54, 1.807) is 24.3 Å². The van der Waals surface area contributed by atoms with Crippen molar-refractivity contribution in [2.75, 3.05) is 0 Å². The summed E-state index contributed by atoms with van der Waals surface area (Å²) in [6, 6.07) is 55.7. The van der Waals surface area contributed by atoms with Crippen LogP contribution in [0.3, 0.4) is 0 Å². The molecule has 2 aromatic heterocycles. The van der Waals surface area contributed by atoms with Crippen molar-refractivity contribution in [1.29, 1.82) is 0 Å². The number of hydrogen-bond donors (Lipinski definition) is 2. The van der Waals surface area contributed by atoms with Gasteiger partial charge in [-0.05, 0) is 23.5 Å². The second-order valence-corrected chi connectivity index (χ2v) is 15.8. The average Bonchev–Trinajstić information content (AvgIpc) is 4.06. The van der Waals surface area contributed by atoms with Crippen LogP contribution in [0.15, 0.2) is 214 Å². The Morgan fingerprint density at radius 1 is 0.450 bits per heavy atom. The van der Waals surface area contributed by atoms with Gasteiger partial charge in [-0.25, -0.2) is 9.97 Å².